The summed E-state index contributed by atoms with van der Waals surface area (Å²) in [6.07, 6.45) is 2.10. The van der Waals surface area contributed by atoms with E-state index in [2.05, 4.69) is 12.2 Å². The Morgan fingerprint density at radius 3 is 2.58 bits per heavy atom. The van der Waals surface area contributed by atoms with Crippen LogP contribution in [0.1, 0.15) is 54.2 Å². The average molecular weight is 376 g/mol. The molecule has 1 unspecified atom stereocenters. The van der Waals surface area contributed by atoms with Crippen LogP contribution in [0.3, 0.4) is 0 Å². The van der Waals surface area contributed by atoms with Gasteiger partial charge >= 0.3 is 0 Å². The van der Waals surface area contributed by atoms with Crippen molar-refractivity contribution < 1.29 is 14.3 Å². The summed E-state index contributed by atoms with van der Waals surface area (Å²) < 4.78 is 11.0. The van der Waals surface area contributed by atoms with Gasteiger partial charge in [0.1, 0.15) is 5.75 Å². The Morgan fingerprint density at radius 2 is 1.92 bits per heavy atom. The monoisotopic (exact) mass is 375 g/mol. The van der Waals surface area contributed by atoms with Crippen LogP contribution < -0.4 is 10.1 Å². The molecule has 0 aliphatic rings. The molecule has 1 atom stereocenters. The molecule has 140 valence electrons. The van der Waals surface area contributed by atoms with Crippen molar-refractivity contribution in [3.8, 4) is 5.75 Å². The molecule has 0 spiro atoms. The molecule has 1 N–H and O–H groups in total. The lowest BCUT2D eigenvalue weighted by Crippen LogP contribution is -2.26. The van der Waals surface area contributed by atoms with Crippen molar-refractivity contribution >= 4 is 17.5 Å². The molecule has 2 aromatic rings. The number of rotatable bonds is 9. The summed E-state index contributed by atoms with van der Waals surface area (Å²) in [5.41, 5.74) is 2.45. The summed E-state index contributed by atoms with van der Waals surface area (Å²) in [5.74, 6) is 0.591. The first-order valence-electron chi connectivity index (χ1n) is 8.86. The van der Waals surface area contributed by atoms with E-state index in [0.717, 1.165) is 29.7 Å². The van der Waals surface area contributed by atoms with Crippen LogP contribution in [0.15, 0.2) is 42.5 Å². The van der Waals surface area contributed by atoms with Gasteiger partial charge in [-0.1, -0.05) is 37.1 Å². The second-order valence-electron chi connectivity index (χ2n) is 6.18. The number of carbonyl (C=O) groups excluding carboxylic acids is 1. The van der Waals surface area contributed by atoms with Crippen LogP contribution >= 0.6 is 11.6 Å². The molecule has 0 saturated carbocycles. The van der Waals surface area contributed by atoms with Gasteiger partial charge in [0, 0.05) is 22.8 Å². The molecule has 1 amide bonds. The molecule has 0 radical (unpaired) electrons. The minimum atomic E-state index is -0.134. The smallest absolute Gasteiger partial charge is 0.251 e. The van der Waals surface area contributed by atoms with Crippen LogP contribution in [0.25, 0.3) is 0 Å². The summed E-state index contributed by atoms with van der Waals surface area (Å²) in [6.45, 7) is 5.19. The molecule has 0 aliphatic carbocycles. The fraction of sp³-hybridized carbons (Fsp3) is 0.381. The summed E-state index contributed by atoms with van der Waals surface area (Å²) in [7, 11) is 1.62. The van der Waals surface area contributed by atoms with E-state index in [1.165, 1.54) is 0 Å². The van der Waals surface area contributed by atoms with Gasteiger partial charge in [-0.3, -0.25) is 4.79 Å². The SMILES string of the molecule is CCCCOCc1cc(C(=O)NC(C)c2ccc(Cl)cc2)ccc1OC. The predicted octanol–water partition coefficient (Wildman–Crippen LogP) is 5.16. The Morgan fingerprint density at radius 1 is 1.19 bits per heavy atom. The van der Waals surface area contributed by atoms with Crippen molar-refractivity contribution in [1.29, 1.82) is 0 Å². The molecular weight excluding hydrogens is 350 g/mol. The third-order valence-corrected chi connectivity index (χ3v) is 4.41. The van der Waals surface area contributed by atoms with Crippen LogP contribution in [0.2, 0.25) is 5.02 Å². The van der Waals surface area contributed by atoms with Crippen molar-refractivity contribution in [1.82, 2.24) is 5.32 Å². The third kappa shape index (κ3) is 5.75. The van der Waals surface area contributed by atoms with Gasteiger partial charge in [0.15, 0.2) is 0 Å². The normalized spacial score (nSPS) is 11.8. The molecule has 0 aromatic heterocycles. The number of nitrogens with one attached hydrogen (secondary N) is 1. The molecule has 2 aromatic carbocycles. The molecule has 26 heavy (non-hydrogen) atoms. The molecule has 4 nitrogen and oxygen atoms in total. The molecule has 0 heterocycles. The zero-order chi connectivity index (χ0) is 18.9. The number of amides is 1. The van der Waals surface area contributed by atoms with Crippen LogP contribution in [0.4, 0.5) is 0 Å². The van der Waals surface area contributed by atoms with Crippen molar-refractivity contribution in [2.45, 2.75) is 39.3 Å². The number of methoxy groups -OCH3 is 1. The standard InChI is InChI=1S/C21H26ClNO3/c1-4-5-12-26-14-18-13-17(8-11-20(18)25-3)21(24)23-15(2)16-6-9-19(22)10-7-16/h6-11,13,15H,4-5,12,14H2,1-3H3,(H,23,24). The molecule has 0 aliphatic heterocycles. The minimum absolute atomic E-state index is 0.119. The summed E-state index contributed by atoms with van der Waals surface area (Å²) >= 11 is 5.91. The maximum absolute atomic E-state index is 12.6. The number of unbranched alkanes of at least 4 members (excludes halogenated alkanes) is 1. The van der Waals surface area contributed by atoms with Gasteiger partial charge < -0.3 is 14.8 Å². The third-order valence-electron chi connectivity index (χ3n) is 4.16. The number of benzene rings is 2. The maximum atomic E-state index is 12.6. The van der Waals surface area contributed by atoms with Crippen molar-refractivity contribution in [2.75, 3.05) is 13.7 Å². The van der Waals surface area contributed by atoms with E-state index in [0.29, 0.717) is 23.8 Å². The van der Waals surface area contributed by atoms with Crippen molar-refractivity contribution in [3.05, 3.63) is 64.2 Å². The van der Waals surface area contributed by atoms with Crippen molar-refractivity contribution in [2.24, 2.45) is 0 Å². The Hall–Kier alpha value is -2.04. The Balaban J connectivity index is 2.06. The van der Waals surface area contributed by atoms with Gasteiger partial charge in [0.2, 0.25) is 0 Å². The molecule has 0 saturated heterocycles. The first-order chi connectivity index (χ1) is 12.5. The second-order valence-corrected chi connectivity index (χ2v) is 6.62. The first kappa shape index (κ1) is 20.3. The molecule has 0 fully saturated rings. The van der Waals surface area contributed by atoms with Gasteiger partial charge in [0.25, 0.3) is 5.91 Å². The maximum Gasteiger partial charge on any atom is 0.251 e. The summed E-state index contributed by atoms with van der Waals surface area (Å²) in [5, 5.41) is 3.69. The van der Waals surface area contributed by atoms with E-state index in [1.54, 1.807) is 19.2 Å². The fourth-order valence-electron chi connectivity index (χ4n) is 2.58. The largest absolute Gasteiger partial charge is 0.496 e. The highest BCUT2D eigenvalue weighted by molar-refractivity contribution is 6.30. The fourth-order valence-corrected chi connectivity index (χ4v) is 2.70. The Labute approximate surface area is 160 Å². The van der Waals surface area contributed by atoms with E-state index in [-0.39, 0.29) is 11.9 Å². The summed E-state index contributed by atoms with van der Waals surface area (Å²) in [6, 6.07) is 12.7. The lowest BCUT2D eigenvalue weighted by molar-refractivity contribution is 0.0938. The van der Waals surface area contributed by atoms with Gasteiger partial charge in [-0.15, -0.1) is 0 Å². The Kier molecular flexibility index (Phi) is 7.95. The Bertz CT molecular complexity index is 716. The van der Waals surface area contributed by atoms with Crippen molar-refractivity contribution in [3.63, 3.8) is 0 Å². The number of hydrogen-bond donors (Lipinski definition) is 1. The zero-order valence-corrected chi connectivity index (χ0v) is 16.3. The first-order valence-corrected chi connectivity index (χ1v) is 9.24. The van der Waals surface area contributed by atoms with E-state index in [4.69, 9.17) is 21.1 Å². The lowest BCUT2D eigenvalue weighted by atomic mass is 10.1. The van der Waals surface area contributed by atoms with E-state index in [1.807, 2.05) is 37.3 Å². The second kappa shape index (κ2) is 10.2. The predicted molar refractivity (Wildman–Crippen MR) is 105 cm³/mol. The molecular formula is C21H26ClNO3. The van der Waals surface area contributed by atoms with Crippen LogP contribution in [0.5, 0.6) is 5.75 Å². The number of halogens is 1. The molecule has 2 rings (SSSR count). The topological polar surface area (TPSA) is 47.6 Å². The number of carbonyl (C=O) groups is 1. The summed E-state index contributed by atoms with van der Waals surface area (Å²) in [4.78, 5) is 12.6. The lowest BCUT2D eigenvalue weighted by Gasteiger charge is -2.16. The van der Waals surface area contributed by atoms with Gasteiger partial charge in [0.05, 0.1) is 19.8 Å². The van der Waals surface area contributed by atoms with Crippen LogP contribution in [0, 0.1) is 0 Å². The zero-order valence-electron chi connectivity index (χ0n) is 15.5. The minimum Gasteiger partial charge on any atom is -0.496 e. The van der Waals surface area contributed by atoms with Crippen LogP contribution in [-0.2, 0) is 11.3 Å². The van der Waals surface area contributed by atoms with E-state index < -0.39 is 0 Å². The molecule has 0 bridgehead atoms. The van der Waals surface area contributed by atoms with Gasteiger partial charge in [-0.25, -0.2) is 0 Å². The van der Waals surface area contributed by atoms with Gasteiger partial charge in [-0.2, -0.15) is 0 Å². The average Bonchev–Trinajstić information content (AvgIpc) is 2.65. The highest BCUT2D eigenvalue weighted by atomic mass is 35.5. The van der Waals surface area contributed by atoms with Crippen LogP contribution in [-0.4, -0.2) is 19.6 Å². The quantitative estimate of drug-likeness (QED) is 0.616. The number of ether oxygens (including phenoxy) is 2. The van der Waals surface area contributed by atoms with Gasteiger partial charge in [-0.05, 0) is 49.2 Å². The van der Waals surface area contributed by atoms with E-state index >= 15 is 0 Å². The highest BCUT2D eigenvalue weighted by Crippen LogP contribution is 2.22. The number of hydrogen-bond acceptors (Lipinski definition) is 3. The van der Waals surface area contributed by atoms with E-state index in [9.17, 15) is 4.79 Å². The highest BCUT2D eigenvalue weighted by Gasteiger charge is 2.14. The molecule has 5 heteroatoms.